The summed E-state index contributed by atoms with van der Waals surface area (Å²) < 4.78 is 34.3. The number of sulfone groups is 1. The van der Waals surface area contributed by atoms with E-state index in [4.69, 9.17) is 9.15 Å². The maximum Gasteiger partial charge on any atom is 0.176 e. The Bertz CT molecular complexity index is 735. The lowest BCUT2D eigenvalue weighted by Gasteiger charge is -2.22. The lowest BCUT2D eigenvalue weighted by Crippen LogP contribution is -2.39. The van der Waals surface area contributed by atoms with E-state index in [1.165, 1.54) is 0 Å². The molecule has 0 bridgehead atoms. The van der Waals surface area contributed by atoms with E-state index in [-0.39, 0.29) is 11.8 Å². The minimum Gasteiger partial charge on any atom is -0.493 e. The van der Waals surface area contributed by atoms with Crippen LogP contribution >= 0.6 is 0 Å². The Labute approximate surface area is 124 Å². The van der Waals surface area contributed by atoms with Gasteiger partial charge in [0.15, 0.2) is 21.2 Å². The zero-order chi connectivity index (χ0) is 14.9. The molecule has 1 atom stereocenters. The van der Waals surface area contributed by atoms with E-state index >= 15 is 0 Å². The van der Waals surface area contributed by atoms with Crippen LogP contribution in [0, 0.1) is 0 Å². The van der Waals surface area contributed by atoms with Gasteiger partial charge in [0.05, 0.1) is 25.2 Å². The summed E-state index contributed by atoms with van der Waals surface area (Å²) in [6.45, 7) is 0.526. The standard InChI is InChI=1S/C15H19NO4S/c1-19-14-6-2-4-11-8-13(20-15(11)14)9-16-12-5-3-7-21(17,18)10-12/h2,4,6,8,12,16H,3,5,7,9-10H2,1H3. The van der Waals surface area contributed by atoms with Gasteiger partial charge in [0.25, 0.3) is 0 Å². The van der Waals surface area contributed by atoms with Crippen molar-refractivity contribution < 1.29 is 17.6 Å². The van der Waals surface area contributed by atoms with Gasteiger partial charge in [-0.2, -0.15) is 0 Å². The molecule has 0 amide bonds. The molecule has 6 heteroatoms. The number of furan rings is 1. The molecule has 1 aliphatic heterocycles. The van der Waals surface area contributed by atoms with Crippen LogP contribution in [0.3, 0.4) is 0 Å². The van der Waals surface area contributed by atoms with Crippen LogP contribution in [0.5, 0.6) is 5.75 Å². The van der Waals surface area contributed by atoms with Crippen molar-refractivity contribution in [2.24, 2.45) is 0 Å². The predicted octanol–water partition coefficient (Wildman–Crippen LogP) is 2.11. The highest BCUT2D eigenvalue weighted by Gasteiger charge is 2.24. The lowest BCUT2D eigenvalue weighted by molar-refractivity contribution is 0.402. The molecule has 0 aliphatic carbocycles. The third-order valence-corrected chi connectivity index (χ3v) is 5.63. The average Bonchev–Trinajstić information content (AvgIpc) is 2.87. The highest BCUT2D eigenvalue weighted by atomic mass is 32.2. The third kappa shape index (κ3) is 3.22. The third-order valence-electron chi connectivity index (χ3n) is 3.81. The molecule has 1 aromatic carbocycles. The SMILES string of the molecule is COc1cccc2cc(CNC3CCCS(=O)(=O)C3)oc12. The number of methoxy groups -OCH3 is 1. The summed E-state index contributed by atoms with van der Waals surface area (Å²) in [7, 11) is -1.27. The fourth-order valence-electron chi connectivity index (χ4n) is 2.77. The Hall–Kier alpha value is -1.53. The van der Waals surface area contributed by atoms with Crippen molar-refractivity contribution in [1.82, 2.24) is 5.32 Å². The van der Waals surface area contributed by atoms with E-state index in [1.54, 1.807) is 7.11 Å². The number of rotatable bonds is 4. The molecule has 0 saturated carbocycles. The van der Waals surface area contributed by atoms with Gasteiger partial charge in [0.1, 0.15) is 5.76 Å². The number of hydrogen-bond acceptors (Lipinski definition) is 5. The van der Waals surface area contributed by atoms with E-state index < -0.39 is 9.84 Å². The molecule has 1 fully saturated rings. The van der Waals surface area contributed by atoms with E-state index in [9.17, 15) is 8.42 Å². The molecule has 2 aromatic rings. The molecular formula is C15H19NO4S. The summed E-state index contributed by atoms with van der Waals surface area (Å²) in [4.78, 5) is 0. The highest BCUT2D eigenvalue weighted by molar-refractivity contribution is 7.91. The van der Waals surface area contributed by atoms with Crippen LogP contribution in [-0.4, -0.2) is 33.1 Å². The quantitative estimate of drug-likeness (QED) is 0.937. The number of fused-ring (bicyclic) bond motifs is 1. The molecule has 1 aliphatic rings. The molecule has 3 rings (SSSR count). The smallest absolute Gasteiger partial charge is 0.176 e. The van der Waals surface area contributed by atoms with Crippen LogP contribution in [0.25, 0.3) is 11.0 Å². The van der Waals surface area contributed by atoms with E-state index in [1.807, 2.05) is 24.3 Å². The first kappa shape index (κ1) is 14.4. The van der Waals surface area contributed by atoms with Gasteiger partial charge in [-0.15, -0.1) is 0 Å². The van der Waals surface area contributed by atoms with Crippen molar-refractivity contribution >= 4 is 20.8 Å². The summed E-state index contributed by atoms with van der Waals surface area (Å²) in [6.07, 6.45) is 1.62. The molecule has 2 heterocycles. The zero-order valence-electron chi connectivity index (χ0n) is 12.0. The summed E-state index contributed by atoms with van der Waals surface area (Å²) in [5.41, 5.74) is 0.730. The molecule has 114 valence electrons. The van der Waals surface area contributed by atoms with Gasteiger partial charge in [-0.05, 0) is 25.0 Å². The first-order valence-electron chi connectivity index (χ1n) is 7.06. The Kier molecular flexibility index (Phi) is 3.91. The van der Waals surface area contributed by atoms with Gasteiger partial charge in [-0.1, -0.05) is 12.1 Å². The molecular weight excluding hydrogens is 290 g/mol. The molecule has 0 radical (unpaired) electrons. The van der Waals surface area contributed by atoms with Crippen LogP contribution < -0.4 is 10.1 Å². The predicted molar refractivity (Wildman–Crippen MR) is 81.3 cm³/mol. The van der Waals surface area contributed by atoms with Gasteiger partial charge < -0.3 is 14.5 Å². The van der Waals surface area contributed by atoms with Crippen molar-refractivity contribution in [3.8, 4) is 5.75 Å². The molecule has 21 heavy (non-hydrogen) atoms. The van der Waals surface area contributed by atoms with Gasteiger partial charge in [0, 0.05) is 11.4 Å². The minimum absolute atomic E-state index is 0.0128. The van der Waals surface area contributed by atoms with Gasteiger partial charge in [-0.25, -0.2) is 8.42 Å². The fourth-order valence-corrected chi connectivity index (χ4v) is 4.44. The van der Waals surface area contributed by atoms with Gasteiger partial charge in [0.2, 0.25) is 0 Å². The molecule has 1 saturated heterocycles. The van der Waals surface area contributed by atoms with Gasteiger partial charge >= 0.3 is 0 Å². The van der Waals surface area contributed by atoms with E-state index in [0.717, 1.165) is 29.6 Å². The highest BCUT2D eigenvalue weighted by Crippen LogP contribution is 2.28. The van der Waals surface area contributed by atoms with Crippen LogP contribution in [0.15, 0.2) is 28.7 Å². The lowest BCUT2D eigenvalue weighted by atomic mass is 10.2. The Morgan fingerprint density at radius 1 is 1.43 bits per heavy atom. The monoisotopic (exact) mass is 309 g/mol. The van der Waals surface area contributed by atoms with Crippen LogP contribution in [0.2, 0.25) is 0 Å². The van der Waals surface area contributed by atoms with Crippen molar-refractivity contribution in [2.45, 2.75) is 25.4 Å². The number of para-hydroxylation sites is 1. The number of hydrogen-bond donors (Lipinski definition) is 1. The number of ether oxygens (including phenoxy) is 1. The Morgan fingerprint density at radius 2 is 2.29 bits per heavy atom. The van der Waals surface area contributed by atoms with E-state index in [0.29, 0.717) is 18.0 Å². The first-order chi connectivity index (χ1) is 10.1. The number of benzene rings is 1. The molecule has 1 N–H and O–H groups in total. The van der Waals surface area contributed by atoms with Crippen LogP contribution in [-0.2, 0) is 16.4 Å². The van der Waals surface area contributed by atoms with Crippen molar-refractivity contribution in [2.75, 3.05) is 18.6 Å². The summed E-state index contributed by atoms with van der Waals surface area (Å²) in [5, 5.41) is 4.27. The number of nitrogens with one attached hydrogen (secondary N) is 1. The molecule has 1 unspecified atom stereocenters. The zero-order valence-corrected chi connectivity index (χ0v) is 12.8. The van der Waals surface area contributed by atoms with Crippen LogP contribution in [0.4, 0.5) is 0 Å². The Balaban J connectivity index is 1.71. The maximum atomic E-state index is 11.6. The second-order valence-corrected chi connectivity index (χ2v) is 7.65. The largest absolute Gasteiger partial charge is 0.493 e. The summed E-state index contributed by atoms with van der Waals surface area (Å²) in [6, 6.07) is 7.72. The Morgan fingerprint density at radius 3 is 3.05 bits per heavy atom. The summed E-state index contributed by atoms with van der Waals surface area (Å²) in [5.74, 6) is 2.03. The summed E-state index contributed by atoms with van der Waals surface area (Å²) >= 11 is 0. The molecule has 0 spiro atoms. The molecule has 5 nitrogen and oxygen atoms in total. The topological polar surface area (TPSA) is 68.5 Å². The molecule has 1 aromatic heterocycles. The van der Waals surface area contributed by atoms with Crippen molar-refractivity contribution in [3.05, 3.63) is 30.0 Å². The van der Waals surface area contributed by atoms with Crippen LogP contribution in [0.1, 0.15) is 18.6 Å². The average molecular weight is 309 g/mol. The second kappa shape index (κ2) is 5.69. The second-order valence-electron chi connectivity index (χ2n) is 5.43. The van der Waals surface area contributed by atoms with Crippen molar-refractivity contribution in [3.63, 3.8) is 0 Å². The normalized spacial score (nSPS) is 21.5. The van der Waals surface area contributed by atoms with E-state index in [2.05, 4.69) is 5.32 Å². The minimum atomic E-state index is -2.88. The van der Waals surface area contributed by atoms with Gasteiger partial charge in [-0.3, -0.25) is 0 Å². The maximum absolute atomic E-state index is 11.6. The fraction of sp³-hybridized carbons (Fsp3) is 0.467. The first-order valence-corrected chi connectivity index (χ1v) is 8.89. The van der Waals surface area contributed by atoms with Crippen molar-refractivity contribution in [1.29, 1.82) is 0 Å².